The summed E-state index contributed by atoms with van der Waals surface area (Å²) in [5.74, 6) is 0.324. The van der Waals surface area contributed by atoms with E-state index >= 15 is 0 Å². The second-order valence-corrected chi connectivity index (χ2v) is 5.27. The first-order valence-corrected chi connectivity index (χ1v) is 6.97. The molecule has 0 radical (unpaired) electrons. The number of carbonyl (C=O) groups is 1. The van der Waals surface area contributed by atoms with Crippen LogP contribution in [0.4, 0.5) is 0 Å². The standard InChI is InChI=1S/C13H22N4O2/c1-3-6-17-11(14-9-15-17)8-16-7-4-5-10(2)12(16)13(18)19/h9-10,12H,3-8H2,1-2H3,(H,18,19). The van der Waals surface area contributed by atoms with Gasteiger partial charge in [-0.05, 0) is 31.7 Å². The normalized spacial score (nSPS) is 24.5. The van der Waals surface area contributed by atoms with Crippen molar-refractivity contribution in [1.29, 1.82) is 0 Å². The third-order valence-electron chi connectivity index (χ3n) is 3.77. The molecule has 1 saturated heterocycles. The van der Waals surface area contributed by atoms with E-state index in [0.29, 0.717) is 6.54 Å². The van der Waals surface area contributed by atoms with Gasteiger partial charge in [-0.1, -0.05) is 13.8 Å². The van der Waals surface area contributed by atoms with Gasteiger partial charge in [0.2, 0.25) is 0 Å². The van der Waals surface area contributed by atoms with Gasteiger partial charge in [-0.25, -0.2) is 9.67 Å². The quantitative estimate of drug-likeness (QED) is 0.871. The Hall–Kier alpha value is -1.43. The summed E-state index contributed by atoms with van der Waals surface area (Å²) in [6.07, 6.45) is 4.57. The van der Waals surface area contributed by atoms with E-state index in [0.717, 1.165) is 38.2 Å². The number of carboxylic acid groups (broad SMARTS) is 1. The van der Waals surface area contributed by atoms with Crippen molar-refractivity contribution in [2.45, 2.75) is 52.2 Å². The molecule has 2 unspecified atom stereocenters. The van der Waals surface area contributed by atoms with Gasteiger partial charge in [0.1, 0.15) is 18.2 Å². The van der Waals surface area contributed by atoms with Crippen LogP contribution < -0.4 is 0 Å². The van der Waals surface area contributed by atoms with E-state index in [2.05, 4.69) is 17.0 Å². The zero-order chi connectivity index (χ0) is 13.8. The molecule has 6 heteroatoms. The molecule has 1 N–H and O–H groups in total. The van der Waals surface area contributed by atoms with Crippen LogP contribution in [0.15, 0.2) is 6.33 Å². The molecule has 0 spiro atoms. The average Bonchev–Trinajstić information content (AvgIpc) is 2.77. The molecule has 1 aliphatic rings. The summed E-state index contributed by atoms with van der Waals surface area (Å²) in [4.78, 5) is 17.7. The number of aryl methyl sites for hydroxylation is 1. The maximum absolute atomic E-state index is 11.4. The van der Waals surface area contributed by atoms with Gasteiger partial charge in [0.05, 0.1) is 6.54 Å². The number of hydrogen-bond acceptors (Lipinski definition) is 4. The van der Waals surface area contributed by atoms with Crippen molar-refractivity contribution in [1.82, 2.24) is 19.7 Å². The van der Waals surface area contributed by atoms with E-state index in [9.17, 15) is 9.90 Å². The predicted molar refractivity (Wildman–Crippen MR) is 70.5 cm³/mol. The molecule has 2 heterocycles. The Labute approximate surface area is 113 Å². The van der Waals surface area contributed by atoms with Crippen LogP contribution in [0.2, 0.25) is 0 Å². The predicted octanol–water partition coefficient (Wildman–Crippen LogP) is 1.37. The number of carboxylic acids is 1. The number of likely N-dealkylation sites (tertiary alicyclic amines) is 1. The largest absolute Gasteiger partial charge is 0.480 e. The highest BCUT2D eigenvalue weighted by Gasteiger charge is 2.34. The van der Waals surface area contributed by atoms with Gasteiger partial charge >= 0.3 is 5.97 Å². The van der Waals surface area contributed by atoms with Crippen molar-refractivity contribution < 1.29 is 9.90 Å². The van der Waals surface area contributed by atoms with Crippen LogP contribution in [0, 0.1) is 5.92 Å². The molecule has 0 saturated carbocycles. The van der Waals surface area contributed by atoms with Crippen LogP contribution in [-0.2, 0) is 17.9 Å². The van der Waals surface area contributed by atoms with Gasteiger partial charge in [-0.15, -0.1) is 0 Å². The minimum Gasteiger partial charge on any atom is -0.480 e. The SMILES string of the molecule is CCCn1ncnc1CN1CCCC(C)C1C(=O)O. The molecular formula is C13H22N4O2. The molecule has 0 aromatic carbocycles. The molecular weight excluding hydrogens is 244 g/mol. The lowest BCUT2D eigenvalue weighted by Crippen LogP contribution is -2.49. The average molecular weight is 266 g/mol. The summed E-state index contributed by atoms with van der Waals surface area (Å²) in [6, 6.07) is -0.402. The fourth-order valence-electron chi connectivity index (χ4n) is 2.84. The Balaban J connectivity index is 2.11. The fraction of sp³-hybridized carbons (Fsp3) is 0.769. The summed E-state index contributed by atoms with van der Waals surface area (Å²) in [5, 5.41) is 13.6. The summed E-state index contributed by atoms with van der Waals surface area (Å²) < 4.78 is 1.87. The van der Waals surface area contributed by atoms with Crippen LogP contribution >= 0.6 is 0 Å². The zero-order valence-electron chi connectivity index (χ0n) is 11.6. The molecule has 1 aliphatic heterocycles. The Morgan fingerprint density at radius 3 is 3.05 bits per heavy atom. The maximum Gasteiger partial charge on any atom is 0.321 e. The molecule has 106 valence electrons. The Morgan fingerprint density at radius 1 is 1.58 bits per heavy atom. The lowest BCUT2D eigenvalue weighted by molar-refractivity contribution is -0.147. The lowest BCUT2D eigenvalue weighted by Gasteiger charge is -2.36. The molecule has 1 aromatic heterocycles. The van der Waals surface area contributed by atoms with E-state index in [1.807, 2.05) is 16.5 Å². The van der Waals surface area contributed by atoms with E-state index < -0.39 is 12.0 Å². The topological polar surface area (TPSA) is 71.2 Å². The van der Waals surface area contributed by atoms with Crippen LogP contribution in [0.3, 0.4) is 0 Å². The zero-order valence-corrected chi connectivity index (χ0v) is 11.6. The molecule has 2 rings (SSSR count). The van der Waals surface area contributed by atoms with Crippen molar-refractivity contribution in [3.8, 4) is 0 Å². The highest BCUT2D eigenvalue weighted by molar-refractivity contribution is 5.74. The highest BCUT2D eigenvalue weighted by atomic mass is 16.4. The third kappa shape index (κ3) is 3.12. The van der Waals surface area contributed by atoms with Crippen molar-refractivity contribution in [3.05, 3.63) is 12.2 Å². The fourth-order valence-corrected chi connectivity index (χ4v) is 2.84. The van der Waals surface area contributed by atoms with Crippen LogP contribution in [0.5, 0.6) is 0 Å². The first-order valence-electron chi connectivity index (χ1n) is 6.97. The molecule has 0 aliphatic carbocycles. The Bertz CT molecular complexity index is 432. The van der Waals surface area contributed by atoms with Crippen molar-refractivity contribution >= 4 is 5.97 Å². The van der Waals surface area contributed by atoms with Crippen molar-refractivity contribution in [3.63, 3.8) is 0 Å². The molecule has 1 aromatic rings. The summed E-state index contributed by atoms with van der Waals surface area (Å²) in [6.45, 7) is 6.33. The summed E-state index contributed by atoms with van der Waals surface area (Å²) >= 11 is 0. The monoisotopic (exact) mass is 266 g/mol. The van der Waals surface area contributed by atoms with Gasteiger partial charge in [-0.2, -0.15) is 5.10 Å². The third-order valence-corrected chi connectivity index (χ3v) is 3.77. The van der Waals surface area contributed by atoms with Crippen molar-refractivity contribution in [2.75, 3.05) is 6.54 Å². The van der Waals surface area contributed by atoms with Crippen LogP contribution in [0.1, 0.15) is 38.9 Å². The Morgan fingerprint density at radius 2 is 2.37 bits per heavy atom. The van der Waals surface area contributed by atoms with Gasteiger partial charge in [0.15, 0.2) is 0 Å². The van der Waals surface area contributed by atoms with Gasteiger partial charge in [0, 0.05) is 6.54 Å². The lowest BCUT2D eigenvalue weighted by atomic mass is 9.91. The first kappa shape index (κ1) is 14.0. The van der Waals surface area contributed by atoms with Gasteiger partial charge < -0.3 is 5.11 Å². The molecule has 0 bridgehead atoms. The maximum atomic E-state index is 11.4. The van der Waals surface area contributed by atoms with Gasteiger partial charge in [-0.3, -0.25) is 9.69 Å². The van der Waals surface area contributed by atoms with Crippen LogP contribution in [-0.4, -0.2) is 43.3 Å². The van der Waals surface area contributed by atoms with Gasteiger partial charge in [0.25, 0.3) is 0 Å². The number of rotatable bonds is 5. The highest BCUT2D eigenvalue weighted by Crippen LogP contribution is 2.24. The van der Waals surface area contributed by atoms with E-state index in [-0.39, 0.29) is 5.92 Å². The molecule has 6 nitrogen and oxygen atoms in total. The van der Waals surface area contributed by atoms with Crippen LogP contribution in [0.25, 0.3) is 0 Å². The molecule has 19 heavy (non-hydrogen) atoms. The smallest absolute Gasteiger partial charge is 0.321 e. The van der Waals surface area contributed by atoms with E-state index in [1.54, 1.807) is 6.33 Å². The van der Waals surface area contributed by atoms with E-state index in [1.165, 1.54) is 0 Å². The number of aliphatic carboxylic acids is 1. The second kappa shape index (κ2) is 6.14. The summed E-state index contributed by atoms with van der Waals surface area (Å²) in [7, 11) is 0. The number of hydrogen-bond donors (Lipinski definition) is 1. The molecule has 0 amide bonds. The minimum atomic E-state index is -0.728. The molecule has 1 fully saturated rings. The minimum absolute atomic E-state index is 0.189. The molecule has 2 atom stereocenters. The van der Waals surface area contributed by atoms with E-state index in [4.69, 9.17) is 0 Å². The first-order chi connectivity index (χ1) is 9.13. The number of aromatic nitrogens is 3. The number of piperidine rings is 1. The Kier molecular flexibility index (Phi) is 4.52. The summed E-state index contributed by atoms with van der Waals surface area (Å²) in [5.41, 5.74) is 0. The second-order valence-electron chi connectivity index (χ2n) is 5.27. The van der Waals surface area contributed by atoms with Crippen molar-refractivity contribution in [2.24, 2.45) is 5.92 Å². The number of nitrogens with zero attached hydrogens (tertiary/aromatic N) is 4.